The van der Waals surface area contributed by atoms with Crippen LogP contribution in [0.25, 0.3) is 0 Å². The van der Waals surface area contributed by atoms with Crippen LogP contribution in [0.4, 0.5) is 10.5 Å². The molecule has 0 unspecified atom stereocenters. The molecule has 154 valence electrons. The molecule has 2 aromatic carbocycles. The van der Waals surface area contributed by atoms with Gasteiger partial charge in [0.05, 0.1) is 6.61 Å². The number of carboxylic acid groups (broad SMARTS) is 1. The number of ether oxygens (including phenoxy) is 1. The van der Waals surface area contributed by atoms with E-state index in [0.717, 1.165) is 13.0 Å². The second kappa shape index (κ2) is 9.56. The maximum absolute atomic E-state index is 12.8. The number of likely N-dealkylation sites (tertiary alicyclic amines) is 1. The van der Waals surface area contributed by atoms with E-state index in [1.807, 2.05) is 24.3 Å². The molecule has 3 rings (SSSR count). The molecule has 6 nitrogen and oxygen atoms in total. The van der Waals surface area contributed by atoms with Gasteiger partial charge in [-0.2, -0.15) is 0 Å². The van der Waals surface area contributed by atoms with Gasteiger partial charge in [-0.25, -0.2) is 9.59 Å². The Morgan fingerprint density at radius 3 is 2.17 bits per heavy atom. The Morgan fingerprint density at radius 1 is 1.03 bits per heavy atom. The smallest absolute Gasteiger partial charge is 0.415 e. The van der Waals surface area contributed by atoms with E-state index in [0.29, 0.717) is 31.6 Å². The first kappa shape index (κ1) is 20.9. The summed E-state index contributed by atoms with van der Waals surface area (Å²) >= 11 is 0. The van der Waals surface area contributed by atoms with Gasteiger partial charge >= 0.3 is 12.1 Å². The maximum Gasteiger partial charge on any atom is 0.415 e. The number of hydrogen-bond acceptors (Lipinski definition) is 4. The molecule has 0 bridgehead atoms. The standard InChI is InChI=1S/C23H28N2O4/c1-2-29-22(28)25(20-11-7-4-8-12-20)23(21(26)27)14-17-24(18-15-23)16-13-19-9-5-3-6-10-19/h3-12H,2,13-18H2,1H3,(H,26,27). The van der Waals surface area contributed by atoms with E-state index >= 15 is 0 Å². The minimum absolute atomic E-state index is 0.196. The number of benzene rings is 2. The number of hydrogen-bond donors (Lipinski definition) is 1. The van der Waals surface area contributed by atoms with Crippen LogP contribution in [-0.4, -0.2) is 53.8 Å². The summed E-state index contributed by atoms with van der Waals surface area (Å²) in [6.07, 6.45) is 1.01. The van der Waals surface area contributed by atoms with Gasteiger partial charge in [-0.3, -0.25) is 4.90 Å². The number of amides is 1. The highest BCUT2D eigenvalue weighted by Gasteiger charge is 2.50. The van der Waals surface area contributed by atoms with Crippen LogP contribution < -0.4 is 4.90 Å². The van der Waals surface area contributed by atoms with Crippen molar-refractivity contribution in [2.24, 2.45) is 0 Å². The third kappa shape index (κ3) is 4.77. The molecule has 6 heteroatoms. The number of carbonyl (C=O) groups is 2. The van der Waals surface area contributed by atoms with Gasteiger partial charge in [0.2, 0.25) is 0 Å². The lowest BCUT2D eigenvalue weighted by Gasteiger charge is -2.45. The highest BCUT2D eigenvalue weighted by Crippen LogP contribution is 2.34. The van der Waals surface area contributed by atoms with E-state index in [4.69, 9.17) is 4.74 Å². The number of piperidine rings is 1. The Kier molecular flexibility index (Phi) is 6.88. The normalized spacial score (nSPS) is 16.2. The van der Waals surface area contributed by atoms with Crippen molar-refractivity contribution < 1.29 is 19.4 Å². The van der Waals surface area contributed by atoms with E-state index < -0.39 is 17.6 Å². The van der Waals surface area contributed by atoms with E-state index in [9.17, 15) is 14.7 Å². The number of aliphatic carboxylic acids is 1. The molecule has 1 fully saturated rings. The summed E-state index contributed by atoms with van der Waals surface area (Å²) in [6, 6.07) is 19.2. The van der Waals surface area contributed by atoms with Crippen molar-refractivity contribution in [1.29, 1.82) is 0 Å². The maximum atomic E-state index is 12.8. The summed E-state index contributed by atoms with van der Waals surface area (Å²) < 4.78 is 5.23. The molecule has 1 aliphatic heterocycles. The zero-order chi connectivity index (χ0) is 20.7. The molecule has 0 saturated carbocycles. The van der Waals surface area contributed by atoms with Crippen molar-refractivity contribution in [1.82, 2.24) is 4.90 Å². The van der Waals surface area contributed by atoms with Crippen molar-refractivity contribution in [2.75, 3.05) is 31.1 Å². The average Bonchev–Trinajstić information content (AvgIpc) is 2.75. The summed E-state index contributed by atoms with van der Waals surface area (Å²) in [7, 11) is 0. The van der Waals surface area contributed by atoms with Gasteiger partial charge < -0.3 is 14.7 Å². The molecular weight excluding hydrogens is 368 g/mol. The van der Waals surface area contributed by atoms with Crippen LogP contribution in [0.3, 0.4) is 0 Å². The fourth-order valence-corrected chi connectivity index (χ4v) is 3.90. The summed E-state index contributed by atoms with van der Waals surface area (Å²) in [5.74, 6) is -0.989. The topological polar surface area (TPSA) is 70.1 Å². The van der Waals surface area contributed by atoms with Crippen molar-refractivity contribution in [2.45, 2.75) is 31.7 Å². The molecule has 0 aliphatic carbocycles. The molecule has 0 spiro atoms. The predicted molar refractivity (Wildman–Crippen MR) is 112 cm³/mol. The minimum atomic E-state index is -1.31. The monoisotopic (exact) mass is 396 g/mol. The first-order chi connectivity index (χ1) is 14.1. The second-order valence-corrected chi connectivity index (χ2v) is 7.28. The molecular formula is C23H28N2O4. The summed E-state index contributed by atoms with van der Waals surface area (Å²) in [5, 5.41) is 10.2. The summed E-state index contributed by atoms with van der Waals surface area (Å²) in [6.45, 7) is 4.01. The van der Waals surface area contributed by atoms with E-state index in [1.54, 1.807) is 31.2 Å². The van der Waals surface area contributed by atoms with Gasteiger partial charge in [-0.15, -0.1) is 0 Å². The van der Waals surface area contributed by atoms with Gasteiger partial charge in [-0.1, -0.05) is 48.5 Å². The number of rotatable bonds is 7. The van der Waals surface area contributed by atoms with Crippen molar-refractivity contribution in [3.8, 4) is 0 Å². The zero-order valence-electron chi connectivity index (χ0n) is 16.8. The number of para-hydroxylation sites is 1. The first-order valence-corrected chi connectivity index (χ1v) is 10.1. The van der Waals surface area contributed by atoms with Crippen LogP contribution in [0.15, 0.2) is 60.7 Å². The van der Waals surface area contributed by atoms with Crippen LogP contribution in [0, 0.1) is 0 Å². The Morgan fingerprint density at radius 2 is 1.62 bits per heavy atom. The molecule has 29 heavy (non-hydrogen) atoms. The van der Waals surface area contributed by atoms with Gasteiger partial charge in [-0.05, 0) is 43.9 Å². The quantitative estimate of drug-likeness (QED) is 0.771. The van der Waals surface area contributed by atoms with E-state index in [1.165, 1.54) is 10.5 Å². The van der Waals surface area contributed by atoms with E-state index in [-0.39, 0.29) is 6.61 Å². The predicted octanol–water partition coefficient (Wildman–Crippen LogP) is 3.81. The molecule has 1 N–H and O–H groups in total. The van der Waals surface area contributed by atoms with Gasteiger partial charge in [0.25, 0.3) is 0 Å². The van der Waals surface area contributed by atoms with E-state index in [2.05, 4.69) is 17.0 Å². The third-order valence-corrected chi connectivity index (χ3v) is 5.53. The number of anilines is 1. The third-order valence-electron chi connectivity index (χ3n) is 5.53. The van der Waals surface area contributed by atoms with Crippen LogP contribution in [0.2, 0.25) is 0 Å². The number of nitrogens with zero attached hydrogens (tertiary/aromatic N) is 2. The fraction of sp³-hybridized carbons (Fsp3) is 0.391. The van der Waals surface area contributed by atoms with Crippen LogP contribution in [-0.2, 0) is 16.0 Å². The summed E-state index contributed by atoms with van der Waals surface area (Å²) in [5.41, 5.74) is 0.503. The van der Waals surface area contributed by atoms with Crippen molar-refractivity contribution >= 4 is 17.7 Å². The Bertz CT molecular complexity index is 802. The summed E-state index contributed by atoms with van der Waals surface area (Å²) in [4.78, 5) is 28.8. The molecule has 1 saturated heterocycles. The van der Waals surface area contributed by atoms with Gasteiger partial charge in [0.15, 0.2) is 5.54 Å². The van der Waals surface area contributed by atoms with Gasteiger partial charge in [0.1, 0.15) is 0 Å². The molecule has 1 aliphatic rings. The second-order valence-electron chi connectivity index (χ2n) is 7.28. The Balaban J connectivity index is 1.76. The SMILES string of the molecule is CCOC(=O)N(c1ccccc1)C1(C(=O)O)CCN(CCc2ccccc2)CC1. The lowest BCUT2D eigenvalue weighted by atomic mass is 9.85. The van der Waals surface area contributed by atoms with Crippen LogP contribution in [0.1, 0.15) is 25.3 Å². The first-order valence-electron chi connectivity index (χ1n) is 10.1. The molecule has 2 aromatic rings. The molecule has 0 aromatic heterocycles. The highest BCUT2D eigenvalue weighted by molar-refractivity contribution is 5.98. The lowest BCUT2D eigenvalue weighted by molar-refractivity contribution is -0.145. The van der Waals surface area contributed by atoms with Crippen LogP contribution in [0.5, 0.6) is 0 Å². The number of carboxylic acids is 1. The fourth-order valence-electron chi connectivity index (χ4n) is 3.90. The molecule has 0 radical (unpaired) electrons. The molecule has 0 atom stereocenters. The Hall–Kier alpha value is -2.86. The van der Waals surface area contributed by atoms with Crippen LogP contribution >= 0.6 is 0 Å². The highest BCUT2D eigenvalue weighted by atomic mass is 16.6. The molecule has 1 amide bonds. The minimum Gasteiger partial charge on any atom is -0.479 e. The molecule has 1 heterocycles. The number of carbonyl (C=O) groups excluding carboxylic acids is 1. The van der Waals surface area contributed by atoms with Gasteiger partial charge in [0, 0.05) is 25.3 Å². The van der Waals surface area contributed by atoms with Crippen molar-refractivity contribution in [3.63, 3.8) is 0 Å². The van der Waals surface area contributed by atoms with Crippen molar-refractivity contribution in [3.05, 3.63) is 66.2 Å². The largest absolute Gasteiger partial charge is 0.479 e. The lowest BCUT2D eigenvalue weighted by Crippen LogP contribution is -2.62. The average molecular weight is 396 g/mol. The zero-order valence-corrected chi connectivity index (χ0v) is 16.8. The Labute approximate surface area is 171 Å².